The van der Waals surface area contributed by atoms with E-state index >= 15 is 0 Å². The monoisotopic (exact) mass is 480 g/mol. The van der Waals surface area contributed by atoms with Gasteiger partial charge in [-0.2, -0.15) is 0 Å². The SMILES string of the molecule is O=C(c1ccc(F)cc1)[C@@H]1C2(C(=O)c3ccccc3C2=O)N2CCC[C@H]2[C@@]12C(=O)Nc1ccccc12. The van der Waals surface area contributed by atoms with Crippen LogP contribution in [0.5, 0.6) is 0 Å². The molecular formula is C29H21FN2O4. The van der Waals surface area contributed by atoms with Gasteiger partial charge >= 0.3 is 0 Å². The maximum atomic E-state index is 14.5. The van der Waals surface area contributed by atoms with Gasteiger partial charge in [0, 0.05) is 28.4 Å². The summed E-state index contributed by atoms with van der Waals surface area (Å²) in [5, 5.41) is 2.95. The van der Waals surface area contributed by atoms with E-state index in [0.29, 0.717) is 30.6 Å². The minimum Gasteiger partial charge on any atom is -0.325 e. The van der Waals surface area contributed by atoms with E-state index in [-0.39, 0.29) is 22.6 Å². The molecule has 3 aromatic rings. The van der Waals surface area contributed by atoms with Crippen LogP contribution in [0.15, 0.2) is 72.8 Å². The summed E-state index contributed by atoms with van der Waals surface area (Å²) >= 11 is 0. The van der Waals surface area contributed by atoms with E-state index in [1.165, 1.54) is 24.3 Å². The minimum absolute atomic E-state index is 0.162. The molecule has 2 fully saturated rings. The lowest BCUT2D eigenvalue weighted by Crippen LogP contribution is -2.60. The first-order chi connectivity index (χ1) is 17.4. The second kappa shape index (κ2) is 7.04. The predicted octanol–water partition coefficient (Wildman–Crippen LogP) is 3.81. The predicted molar refractivity (Wildman–Crippen MR) is 129 cm³/mol. The fourth-order valence-corrected chi connectivity index (χ4v) is 7.36. The molecule has 3 aliphatic heterocycles. The minimum atomic E-state index is -1.84. The molecular weight excluding hydrogens is 459 g/mol. The number of carbonyl (C=O) groups is 4. The van der Waals surface area contributed by atoms with Crippen LogP contribution in [0.4, 0.5) is 10.1 Å². The normalized spacial score (nSPS) is 27.4. The summed E-state index contributed by atoms with van der Waals surface area (Å²) in [7, 11) is 0. The first-order valence-corrected chi connectivity index (χ1v) is 12.1. The quantitative estimate of drug-likeness (QED) is 0.446. The molecule has 0 unspecified atom stereocenters. The molecule has 2 saturated heterocycles. The molecule has 0 bridgehead atoms. The van der Waals surface area contributed by atoms with E-state index < -0.39 is 46.1 Å². The first-order valence-electron chi connectivity index (χ1n) is 12.1. The van der Waals surface area contributed by atoms with Gasteiger partial charge in [0.05, 0.1) is 5.92 Å². The van der Waals surface area contributed by atoms with Gasteiger partial charge in [0.15, 0.2) is 22.9 Å². The molecule has 3 atom stereocenters. The smallest absolute Gasteiger partial charge is 0.237 e. The van der Waals surface area contributed by atoms with Crippen molar-refractivity contribution >= 4 is 28.9 Å². The number of Topliss-reactive ketones (excluding diaryl/α,β-unsaturated/α-hetero) is 3. The van der Waals surface area contributed by atoms with Crippen LogP contribution >= 0.6 is 0 Å². The number of ketones is 3. The molecule has 1 aliphatic carbocycles. The van der Waals surface area contributed by atoms with Crippen molar-refractivity contribution in [2.24, 2.45) is 5.92 Å². The zero-order valence-corrected chi connectivity index (χ0v) is 19.2. The average molecular weight is 480 g/mol. The van der Waals surface area contributed by atoms with Gasteiger partial charge in [-0.15, -0.1) is 0 Å². The molecule has 0 saturated carbocycles. The van der Waals surface area contributed by atoms with Crippen LogP contribution in [0, 0.1) is 11.7 Å². The number of hydrogen-bond acceptors (Lipinski definition) is 5. The molecule has 36 heavy (non-hydrogen) atoms. The van der Waals surface area contributed by atoms with Gasteiger partial charge < -0.3 is 5.32 Å². The summed E-state index contributed by atoms with van der Waals surface area (Å²) in [6, 6.07) is 18.4. The lowest BCUT2D eigenvalue weighted by atomic mass is 9.60. The molecule has 1 amide bonds. The van der Waals surface area contributed by atoms with Gasteiger partial charge in [0.25, 0.3) is 0 Å². The number of fused-ring (bicyclic) bond motifs is 6. The zero-order chi connectivity index (χ0) is 24.8. The van der Waals surface area contributed by atoms with Crippen LogP contribution in [0.2, 0.25) is 0 Å². The summed E-state index contributed by atoms with van der Waals surface area (Å²) in [5.74, 6) is -3.58. The first kappa shape index (κ1) is 21.3. The number of nitrogens with zero attached hydrogens (tertiary/aromatic N) is 1. The molecule has 0 aromatic heterocycles. The number of nitrogens with one attached hydrogen (secondary N) is 1. The number of halogens is 1. The van der Waals surface area contributed by atoms with Gasteiger partial charge in [-0.25, -0.2) is 4.39 Å². The highest BCUT2D eigenvalue weighted by Crippen LogP contribution is 2.63. The third-order valence-electron chi connectivity index (χ3n) is 8.60. The van der Waals surface area contributed by atoms with Gasteiger partial charge in [-0.1, -0.05) is 42.5 Å². The Bertz CT molecular complexity index is 1480. The highest BCUT2D eigenvalue weighted by molar-refractivity contribution is 6.36. The summed E-state index contributed by atoms with van der Waals surface area (Å²) in [6.07, 6.45) is 1.26. The summed E-state index contributed by atoms with van der Waals surface area (Å²) in [5.41, 5.74) is -1.37. The van der Waals surface area contributed by atoms with E-state index in [9.17, 15) is 23.6 Å². The van der Waals surface area contributed by atoms with Crippen molar-refractivity contribution in [2.45, 2.75) is 29.8 Å². The number of rotatable bonds is 2. The fraction of sp³-hybridized carbons (Fsp3) is 0.241. The van der Waals surface area contributed by atoms with Gasteiger partial charge in [-0.3, -0.25) is 24.1 Å². The van der Waals surface area contributed by atoms with E-state index in [0.717, 1.165) is 0 Å². The molecule has 7 rings (SSSR count). The van der Waals surface area contributed by atoms with Gasteiger partial charge in [0.2, 0.25) is 5.91 Å². The average Bonchev–Trinajstić information content (AvgIpc) is 3.60. The topological polar surface area (TPSA) is 83.6 Å². The molecule has 6 nitrogen and oxygen atoms in total. The van der Waals surface area contributed by atoms with Crippen LogP contribution < -0.4 is 5.32 Å². The lowest BCUT2D eigenvalue weighted by Gasteiger charge is -2.37. The van der Waals surface area contributed by atoms with E-state index in [1.807, 2.05) is 11.0 Å². The molecule has 0 radical (unpaired) electrons. The number of carbonyl (C=O) groups excluding carboxylic acids is 4. The maximum Gasteiger partial charge on any atom is 0.237 e. The molecule has 4 aliphatic rings. The largest absolute Gasteiger partial charge is 0.325 e. The van der Waals surface area contributed by atoms with E-state index in [1.54, 1.807) is 42.5 Å². The van der Waals surface area contributed by atoms with Crippen LogP contribution in [-0.2, 0) is 10.2 Å². The lowest BCUT2D eigenvalue weighted by molar-refractivity contribution is -0.122. The fourth-order valence-electron chi connectivity index (χ4n) is 7.36. The van der Waals surface area contributed by atoms with E-state index in [4.69, 9.17) is 0 Å². The number of benzene rings is 3. The van der Waals surface area contributed by atoms with Crippen molar-refractivity contribution in [3.05, 3.63) is 101 Å². The number of para-hydroxylation sites is 1. The Morgan fingerprint density at radius 3 is 2.22 bits per heavy atom. The van der Waals surface area contributed by atoms with Gasteiger partial charge in [-0.05, 0) is 55.3 Å². The Morgan fingerprint density at radius 2 is 1.53 bits per heavy atom. The van der Waals surface area contributed by atoms with Crippen LogP contribution in [0.3, 0.4) is 0 Å². The van der Waals surface area contributed by atoms with Gasteiger partial charge in [0.1, 0.15) is 11.2 Å². The van der Waals surface area contributed by atoms with Crippen LogP contribution in [0.1, 0.15) is 49.5 Å². The molecule has 178 valence electrons. The molecule has 2 spiro atoms. The van der Waals surface area contributed by atoms with Crippen molar-refractivity contribution in [3.8, 4) is 0 Å². The molecule has 7 heteroatoms. The Morgan fingerprint density at radius 1 is 0.889 bits per heavy atom. The van der Waals surface area contributed by atoms with Crippen molar-refractivity contribution < 1.29 is 23.6 Å². The number of hydrogen-bond donors (Lipinski definition) is 1. The van der Waals surface area contributed by atoms with Crippen molar-refractivity contribution in [1.82, 2.24) is 4.90 Å². The standard InChI is InChI=1S/C29H21FN2O4/c30-17-13-11-16(12-14-17)23(33)24-28(20-8-3-4-9-21(20)31-27(28)36)22-10-5-15-32(22)29(24)25(34)18-6-1-2-7-19(18)26(29)35/h1-4,6-9,11-14,22,24H,5,10,15H2,(H,31,36)/t22-,24-,28+/m0/s1. The number of anilines is 1. The molecule has 3 heterocycles. The summed E-state index contributed by atoms with van der Waals surface area (Å²) < 4.78 is 13.8. The Hall–Kier alpha value is -3.97. The second-order valence-electron chi connectivity index (χ2n) is 9.99. The Balaban J connectivity index is 1.57. The highest BCUT2D eigenvalue weighted by Gasteiger charge is 2.80. The molecule has 3 aromatic carbocycles. The zero-order valence-electron chi connectivity index (χ0n) is 19.2. The van der Waals surface area contributed by atoms with Crippen molar-refractivity contribution in [1.29, 1.82) is 0 Å². The van der Waals surface area contributed by atoms with Crippen molar-refractivity contribution in [2.75, 3.05) is 11.9 Å². The second-order valence-corrected chi connectivity index (χ2v) is 9.99. The third-order valence-corrected chi connectivity index (χ3v) is 8.60. The van der Waals surface area contributed by atoms with Crippen LogP contribution in [-0.4, -0.2) is 46.3 Å². The third kappa shape index (κ3) is 2.25. The Kier molecular flexibility index (Phi) is 4.17. The number of amides is 1. The van der Waals surface area contributed by atoms with Crippen molar-refractivity contribution in [3.63, 3.8) is 0 Å². The van der Waals surface area contributed by atoms with E-state index in [2.05, 4.69) is 5.32 Å². The summed E-state index contributed by atoms with van der Waals surface area (Å²) in [6.45, 7) is 0.417. The highest BCUT2D eigenvalue weighted by atomic mass is 19.1. The summed E-state index contributed by atoms with van der Waals surface area (Å²) in [4.78, 5) is 59.0. The maximum absolute atomic E-state index is 14.5. The molecule has 1 N–H and O–H groups in total. The Labute approximate surface area is 206 Å². The van der Waals surface area contributed by atoms with Crippen LogP contribution in [0.25, 0.3) is 0 Å².